The Morgan fingerprint density at radius 2 is 1.82 bits per heavy atom. The van der Waals surface area contributed by atoms with Crippen LogP contribution in [0, 0.1) is 0 Å². The van der Waals surface area contributed by atoms with Gasteiger partial charge in [0.25, 0.3) is 5.91 Å². The summed E-state index contributed by atoms with van der Waals surface area (Å²) in [6.45, 7) is 6.54. The quantitative estimate of drug-likeness (QED) is 0.299. The molecule has 6 heteroatoms. The molecule has 0 bridgehead atoms. The molecule has 0 spiro atoms. The van der Waals surface area contributed by atoms with Crippen molar-refractivity contribution in [2.24, 2.45) is 4.99 Å². The van der Waals surface area contributed by atoms with Crippen LogP contribution in [0.5, 0.6) is 0 Å². The lowest BCUT2D eigenvalue weighted by molar-refractivity contribution is 0.0963. The summed E-state index contributed by atoms with van der Waals surface area (Å²) in [4.78, 5) is 16.5. The number of rotatable bonds is 8. The van der Waals surface area contributed by atoms with Crippen molar-refractivity contribution in [2.45, 2.75) is 26.2 Å². The number of amides is 1. The average Bonchev–Trinajstić information content (AvgIpc) is 2.72. The SMILES string of the molecule is CCNC(=NCC(C)c1ccccc1)NCCc1cccc(C(=O)NC)c1.I. The molecule has 0 fully saturated rings. The molecule has 5 nitrogen and oxygen atoms in total. The summed E-state index contributed by atoms with van der Waals surface area (Å²) < 4.78 is 0. The van der Waals surface area contributed by atoms with Gasteiger partial charge in [0, 0.05) is 38.2 Å². The van der Waals surface area contributed by atoms with E-state index in [-0.39, 0.29) is 29.9 Å². The highest BCUT2D eigenvalue weighted by Gasteiger charge is 2.06. The molecule has 1 atom stereocenters. The van der Waals surface area contributed by atoms with Gasteiger partial charge in [-0.3, -0.25) is 9.79 Å². The van der Waals surface area contributed by atoms with Crippen LogP contribution in [0.15, 0.2) is 59.6 Å². The second-order valence-corrected chi connectivity index (χ2v) is 6.49. The number of hydrogen-bond acceptors (Lipinski definition) is 2. The van der Waals surface area contributed by atoms with Crippen LogP contribution in [0.4, 0.5) is 0 Å². The number of halogens is 1. The van der Waals surface area contributed by atoms with Crippen molar-refractivity contribution >= 4 is 35.8 Å². The molecule has 1 amide bonds. The standard InChI is InChI=1S/C22H30N4O.HI/c1-4-24-22(26-16-17(2)19-10-6-5-7-11-19)25-14-13-18-9-8-12-20(15-18)21(27)23-3;/h5-12,15,17H,4,13-14,16H2,1-3H3,(H,23,27)(H2,24,25,26);1H. The van der Waals surface area contributed by atoms with E-state index in [1.165, 1.54) is 5.56 Å². The molecule has 152 valence electrons. The Morgan fingerprint density at radius 3 is 2.50 bits per heavy atom. The van der Waals surface area contributed by atoms with Gasteiger partial charge in [0.05, 0.1) is 0 Å². The van der Waals surface area contributed by atoms with Gasteiger partial charge in [-0.1, -0.05) is 49.4 Å². The molecule has 0 aliphatic heterocycles. The fourth-order valence-corrected chi connectivity index (χ4v) is 2.79. The molecule has 2 rings (SSSR count). The van der Waals surface area contributed by atoms with Crippen molar-refractivity contribution in [3.63, 3.8) is 0 Å². The fourth-order valence-electron chi connectivity index (χ4n) is 2.79. The summed E-state index contributed by atoms with van der Waals surface area (Å²) in [5.41, 5.74) is 3.10. The molecule has 0 saturated heterocycles. The number of nitrogens with zero attached hydrogens (tertiary/aromatic N) is 1. The minimum absolute atomic E-state index is 0. The highest BCUT2D eigenvalue weighted by Crippen LogP contribution is 2.14. The maximum atomic E-state index is 11.7. The maximum absolute atomic E-state index is 11.7. The molecule has 0 aliphatic rings. The van der Waals surface area contributed by atoms with Crippen LogP contribution < -0.4 is 16.0 Å². The van der Waals surface area contributed by atoms with Gasteiger partial charge in [0.1, 0.15) is 0 Å². The molecule has 0 saturated carbocycles. The summed E-state index contributed by atoms with van der Waals surface area (Å²) in [6, 6.07) is 18.1. The molecule has 28 heavy (non-hydrogen) atoms. The lowest BCUT2D eigenvalue weighted by atomic mass is 10.0. The van der Waals surface area contributed by atoms with E-state index in [1.54, 1.807) is 7.05 Å². The highest BCUT2D eigenvalue weighted by molar-refractivity contribution is 14.0. The van der Waals surface area contributed by atoms with Gasteiger partial charge in [0.2, 0.25) is 0 Å². The second-order valence-electron chi connectivity index (χ2n) is 6.49. The van der Waals surface area contributed by atoms with Crippen molar-refractivity contribution in [1.82, 2.24) is 16.0 Å². The summed E-state index contributed by atoms with van der Waals surface area (Å²) >= 11 is 0. The highest BCUT2D eigenvalue weighted by atomic mass is 127. The summed E-state index contributed by atoms with van der Waals surface area (Å²) in [5.74, 6) is 1.13. The number of nitrogens with one attached hydrogen (secondary N) is 3. The summed E-state index contributed by atoms with van der Waals surface area (Å²) in [6.07, 6.45) is 0.823. The molecular weight excluding hydrogens is 463 g/mol. The molecule has 0 heterocycles. The van der Waals surface area contributed by atoms with E-state index < -0.39 is 0 Å². The van der Waals surface area contributed by atoms with Crippen LogP contribution in [0.25, 0.3) is 0 Å². The Bertz CT molecular complexity index is 749. The van der Waals surface area contributed by atoms with Gasteiger partial charge >= 0.3 is 0 Å². The van der Waals surface area contributed by atoms with Crippen LogP contribution in [0.3, 0.4) is 0 Å². The van der Waals surface area contributed by atoms with Crippen LogP contribution >= 0.6 is 24.0 Å². The van der Waals surface area contributed by atoms with E-state index in [9.17, 15) is 4.79 Å². The third kappa shape index (κ3) is 7.88. The van der Waals surface area contributed by atoms with Crippen molar-refractivity contribution < 1.29 is 4.79 Å². The third-order valence-corrected chi connectivity index (χ3v) is 4.36. The lowest BCUT2D eigenvalue weighted by Crippen LogP contribution is -2.38. The van der Waals surface area contributed by atoms with E-state index in [1.807, 2.05) is 30.3 Å². The smallest absolute Gasteiger partial charge is 0.251 e. The molecule has 0 radical (unpaired) electrons. The molecule has 2 aromatic rings. The number of carbonyl (C=O) groups is 1. The van der Waals surface area contributed by atoms with Gasteiger partial charge in [-0.25, -0.2) is 0 Å². The topological polar surface area (TPSA) is 65.5 Å². The number of carbonyl (C=O) groups excluding carboxylic acids is 1. The molecular formula is C22H31IN4O. The molecule has 3 N–H and O–H groups in total. The predicted molar refractivity (Wildman–Crippen MR) is 128 cm³/mol. The average molecular weight is 494 g/mol. The van der Waals surface area contributed by atoms with Crippen molar-refractivity contribution in [3.8, 4) is 0 Å². The Morgan fingerprint density at radius 1 is 1.07 bits per heavy atom. The number of hydrogen-bond donors (Lipinski definition) is 3. The van der Waals surface area contributed by atoms with Crippen LogP contribution in [-0.2, 0) is 6.42 Å². The molecule has 0 aliphatic carbocycles. The minimum Gasteiger partial charge on any atom is -0.357 e. The normalized spacial score (nSPS) is 11.9. The lowest BCUT2D eigenvalue weighted by Gasteiger charge is -2.14. The van der Waals surface area contributed by atoms with Gasteiger partial charge in [-0.2, -0.15) is 0 Å². The van der Waals surface area contributed by atoms with E-state index in [0.29, 0.717) is 11.5 Å². The Kier molecular flexibility index (Phi) is 11.2. The Hall–Kier alpha value is -2.09. The zero-order valence-corrected chi connectivity index (χ0v) is 19.2. The van der Waals surface area contributed by atoms with Crippen LogP contribution in [0.1, 0.15) is 41.3 Å². The van der Waals surface area contributed by atoms with Crippen molar-refractivity contribution in [2.75, 3.05) is 26.7 Å². The number of aliphatic imine (C=N–C) groups is 1. The molecule has 0 aromatic heterocycles. The monoisotopic (exact) mass is 494 g/mol. The summed E-state index contributed by atoms with van der Waals surface area (Å²) in [5, 5.41) is 9.32. The van der Waals surface area contributed by atoms with Crippen LogP contribution in [-0.4, -0.2) is 38.5 Å². The largest absolute Gasteiger partial charge is 0.357 e. The van der Waals surface area contributed by atoms with Crippen molar-refractivity contribution in [1.29, 1.82) is 0 Å². The first-order chi connectivity index (χ1) is 13.1. The number of benzene rings is 2. The summed E-state index contributed by atoms with van der Waals surface area (Å²) in [7, 11) is 1.64. The first-order valence-electron chi connectivity index (χ1n) is 9.52. The van der Waals surface area contributed by atoms with Gasteiger partial charge < -0.3 is 16.0 Å². The van der Waals surface area contributed by atoms with Crippen molar-refractivity contribution in [3.05, 3.63) is 71.3 Å². The van der Waals surface area contributed by atoms with Gasteiger partial charge in [-0.15, -0.1) is 24.0 Å². The Balaban J connectivity index is 0.00000392. The minimum atomic E-state index is -0.0605. The van der Waals surface area contributed by atoms with Gasteiger partial charge in [0.15, 0.2) is 5.96 Å². The molecule has 1 unspecified atom stereocenters. The Labute approximate surface area is 185 Å². The van der Waals surface area contributed by atoms with Gasteiger partial charge in [-0.05, 0) is 36.6 Å². The van der Waals surface area contributed by atoms with E-state index in [0.717, 1.165) is 37.6 Å². The third-order valence-electron chi connectivity index (χ3n) is 4.36. The number of guanidine groups is 1. The molecule has 2 aromatic carbocycles. The zero-order valence-electron chi connectivity index (χ0n) is 16.9. The van der Waals surface area contributed by atoms with E-state index in [4.69, 9.17) is 4.99 Å². The second kappa shape index (κ2) is 13.1. The predicted octanol–water partition coefficient (Wildman–Crippen LogP) is 3.57. The first kappa shape index (κ1) is 23.9. The fraction of sp³-hybridized carbons (Fsp3) is 0.364. The maximum Gasteiger partial charge on any atom is 0.251 e. The van der Waals surface area contributed by atoms with E-state index >= 15 is 0 Å². The first-order valence-corrected chi connectivity index (χ1v) is 9.52. The van der Waals surface area contributed by atoms with E-state index in [2.05, 4.69) is 54.1 Å². The zero-order chi connectivity index (χ0) is 19.5. The van der Waals surface area contributed by atoms with Crippen LogP contribution in [0.2, 0.25) is 0 Å².